The van der Waals surface area contributed by atoms with Crippen LogP contribution in [0.5, 0.6) is 0 Å². The molecule has 0 radical (unpaired) electrons. The summed E-state index contributed by atoms with van der Waals surface area (Å²) in [6, 6.07) is 11.1. The van der Waals surface area contributed by atoms with Gasteiger partial charge < -0.3 is 14.8 Å². The van der Waals surface area contributed by atoms with Crippen LogP contribution in [0.15, 0.2) is 54.2 Å². The number of halogens is 3. The van der Waals surface area contributed by atoms with Crippen LogP contribution in [0.1, 0.15) is 16.1 Å². The number of fused-ring (bicyclic) bond motifs is 1. The molecule has 1 aromatic heterocycles. The summed E-state index contributed by atoms with van der Waals surface area (Å²) in [5.74, 6) is -1.11. The van der Waals surface area contributed by atoms with E-state index in [1.165, 1.54) is 6.07 Å². The van der Waals surface area contributed by atoms with E-state index in [1.807, 2.05) is 30.3 Å². The highest BCUT2D eigenvalue weighted by molar-refractivity contribution is 9.14. The number of aromatic carboxylic acids is 1. The van der Waals surface area contributed by atoms with Crippen molar-refractivity contribution in [1.29, 1.82) is 0 Å². The predicted octanol–water partition coefficient (Wildman–Crippen LogP) is 6.03. The fourth-order valence-corrected chi connectivity index (χ4v) is 3.57. The van der Waals surface area contributed by atoms with Crippen LogP contribution in [0.2, 0.25) is 0 Å². The molecule has 0 atom stereocenters. The predicted molar refractivity (Wildman–Crippen MR) is 100 cm³/mol. The number of furan rings is 1. The highest BCUT2D eigenvalue weighted by Gasteiger charge is 2.11. The molecule has 0 spiro atoms. The number of carboxylic acids is 1. The maximum absolute atomic E-state index is 10.9. The third kappa shape index (κ3) is 3.62. The van der Waals surface area contributed by atoms with Gasteiger partial charge in [0.15, 0.2) is 0 Å². The Morgan fingerprint density at radius 2 is 1.78 bits per heavy atom. The molecule has 3 rings (SSSR count). The van der Waals surface area contributed by atoms with E-state index in [9.17, 15) is 4.79 Å². The summed E-state index contributed by atoms with van der Waals surface area (Å²) in [7, 11) is 0. The molecule has 7 heteroatoms. The van der Waals surface area contributed by atoms with Crippen molar-refractivity contribution < 1.29 is 14.3 Å². The largest absolute Gasteiger partial charge is 0.475 e. The van der Waals surface area contributed by atoms with Gasteiger partial charge in [0.2, 0.25) is 5.76 Å². The van der Waals surface area contributed by atoms with Gasteiger partial charge in [-0.15, -0.1) is 0 Å². The lowest BCUT2D eigenvalue weighted by molar-refractivity contribution is 0.0665. The highest BCUT2D eigenvalue weighted by Crippen LogP contribution is 2.34. The minimum atomic E-state index is -1.06. The number of hydrogen-bond donors (Lipinski definition) is 2. The van der Waals surface area contributed by atoms with Crippen molar-refractivity contribution in [2.24, 2.45) is 0 Å². The Morgan fingerprint density at radius 1 is 1.09 bits per heavy atom. The van der Waals surface area contributed by atoms with E-state index < -0.39 is 5.97 Å². The van der Waals surface area contributed by atoms with E-state index in [0.717, 1.165) is 30.1 Å². The minimum Gasteiger partial charge on any atom is -0.475 e. The van der Waals surface area contributed by atoms with Gasteiger partial charge in [-0.05, 0) is 77.6 Å². The second kappa shape index (κ2) is 6.67. The molecule has 0 saturated heterocycles. The lowest BCUT2D eigenvalue weighted by Gasteiger charge is -2.09. The van der Waals surface area contributed by atoms with E-state index in [0.29, 0.717) is 12.1 Å². The van der Waals surface area contributed by atoms with Crippen LogP contribution in [0.3, 0.4) is 0 Å². The minimum absolute atomic E-state index is 0.0501. The molecule has 2 N–H and O–H groups in total. The lowest BCUT2D eigenvalue weighted by atomic mass is 10.1. The SMILES string of the molecule is O=C(O)c1cc2ccc(CNc3cc(Br)c(Br)c(Br)c3)cc2o1. The summed E-state index contributed by atoms with van der Waals surface area (Å²) in [4.78, 5) is 10.9. The highest BCUT2D eigenvalue weighted by atomic mass is 79.9. The molecule has 4 nitrogen and oxygen atoms in total. The Morgan fingerprint density at radius 3 is 2.43 bits per heavy atom. The van der Waals surface area contributed by atoms with Crippen LogP contribution >= 0.6 is 47.8 Å². The summed E-state index contributed by atoms with van der Waals surface area (Å²) in [6.07, 6.45) is 0. The average Bonchev–Trinajstić information content (AvgIpc) is 2.94. The van der Waals surface area contributed by atoms with Crippen LogP contribution < -0.4 is 5.32 Å². The first-order chi connectivity index (χ1) is 10.9. The fourth-order valence-electron chi connectivity index (χ4n) is 2.15. The Kier molecular flexibility index (Phi) is 4.79. The molecular formula is C16H10Br3NO3. The zero-order valence-electron chi connectivity index (χ0n) is 11.6. The topological polar surface area (TPSA) is 62.5 Å². The molecule has 1 heterocycles. The fraction of sp³-hybridized carbons (Fsp3) is 0.0625. The number of hydrogen-bond acceptors (Lipinski definition) is 3. The summed E-state index contributed by atoms with van der Waals surface area (Å²) in [5.41, 5.74) is 2.52. The number of nitrogens with one attached hydrogen (secondary N) is 1. The van der Waals surface area contributed by atoms with E-state index >= 15 is 0 Å². The van der Waals surface area contributed by atoms with Crippen molar-refractivity contribution in [3.63, 3.8) is 0 Å². The molecule has 2 aromatic carbocycles. The Labute approximate surface area is 157 Å². The van der Waals surface area contributed by atoms with Gasteiger partial charge in [0.1, 0.15) is 5.58 Å². The van der Waals surface area contributed by atoms with Gasteiger partial charge in [0, 0.05) is 31.0 Å². The molecule has 0 fully saturated rings. The molecule has 0 aliphatic carbocycles. The van der Waals surface area contributed by atoms with Crippen LogP contribution in [0.25, 0.3) is 11.0 Å². The van der Waals surface area contributed by atoms with Gasteiger partial charge in [-0.1, -0.05) is 12.1 Å². The molecule has 0 bridgehead atoms. The molecule has 0 saturated carbocycles. The van der Waals surface area contributed by atoms with Crippen LogP contribution in [-0.4, -0.2) is 11.1 Å². The third-order valence-corrected chi connectivity index (χ3v) is 6.45. The molecule has 3 aromatic rings. The molecule has 0 aliphatic rings. The summed E-state index contributed by atoms with van der Waals surface area (Å²) >= 11 is 10.4. The standard InChI is InChI=1S/C16H10Br3NO3/c17-11-5-10(6-12(18)15(11)19)20-7-8-1-2-9-4-14(16(21)22)23-13(9)3-8/h1-6,20H,7H2,(H,21,22). The smallest absolute Gasteiger partial charge is 0.371 e. The van der Waals surface area contributed by atoms with Gasteiger partial charge in [-0.25, -0.2) is 4.79 Å². The van der Waals surface area contributed by atoms with E-state index in [-0.39, 0.29) is 5.76 Å². The van der Waals surface area contributed by atoms with Crippen molar-refractivity contribution in [1.82, 2.24) is 0 Å². The summed E-state index contributed by atoms with van der Waals surface area (Å²) < 4.78 is 8.18. The van der Waals surface area contributed by atoms with Crippen LogP contribution in [-0.2, 0) is 6.54 Å². The number of anilines is 1. The van der Waals surface area contributed by atoms with Gasteiger partial charge in [-0.2, -0.15) is 0 Å². The van der Waals surface area contributed by atoms with Crippen molar-refractivity contribution in [3.05, 3.63) is 61.1 Å². The monoisotopic (exact) mass is 501 g/mol. The molecule has 0 aliphatic heterocycles. The first-order valence-corrected chi connectivity index (χ1v) is 8.96. The number of benzene rings is 2. The molecule has 0 unspecified atom stereocenters. The summed E-state index contributed by atoms with van der Waals surface area (Å²) in [6.45, 7) is 0.597. The molecule has 0 amide bonds. The van der Waals surface area contributed by atoms with Crippen LogP contribution in [0.4, 0.5) is 5.69 Å². The second-order valence-electron chi connectivity index (χ2n) is 4.90. The summed E-state index contributed by atoms with van der Waals surface area (Å²) in [5, 5.41) is 13.1. The van der Waals surface area contributed by atoms with Crippen molar-refractivity contribution >= 4 is 70.4 Å². The lowest BCUT2D eigenvalue weighted by Crippen LogP contribution is -1.99. The van der Waals surface area contributed by atoms with Crippen molar-refractivity contribution in [3.8, 4) is 0 Å². The van der Waals surface area contributed by atoms with Gasteiger partial charge in [0.05, 0.1) is 0 Å². The molecule has 23 heavy (non-hydrogen) atoms. The molecule has 118 valence electrons. The number of carboxylic acid groups (broad SMARTS) is 1. The Bertz CT molecular complexity index is 882. The van der Waals surface area contributed by atoms with Crippen molar-refractivity contribution in [2.75, 3.05) is 5.32 Å². The van der Waals surface area contributed by atoms with E-state index in [2.05, 4.69) is 53.1 Å². The first-order valence-electron chi connectivity index (χ1n) is 6.58. The van der Waals surface area contributed by atoms with Crippen molar-refractivity contribution in [2.45, 2.75) is 6.54 Å². The second-order valence-corrected chi connectivity index (χ2v) is 7.40. The van der Waals surface area contributed by atoms with Gasteiger partial charge in [-0.3, -0.25) is 0 Å². The Balaban J connectivity index is 1.80. The van der Waals surface area contributed by atoms with Crippen LogP contribution in [0, 0.1) is 0 Å². The van der Waals surface area contributed by atoms with E-state index in [4.69, 9.17) is 9.52 Å². The maximum Gasteiger partial charge on any atom is 0.371 e. The normalized spacial score (nSPS) is 10.9. The zero-order chi connectivity index (χ0) is 16.6. The van der Waals surface area contributed by atoms with Gasteiger partial charge >= 0.3 is 5.97 Å². The molecular weight excluding hydrogens is 494 g/mol. The number of rotatable bonds is 4. The first kappa shape index (κ1) is 16.5. The quantitative estimate of drug-likeness (QED) is 0.427. The third-order valence-electron chi connectivity index (χ3n) is 3.28. The average molecular weight is 504 g/mol. The number of carbonyl (C=O) groups is 1. The van der Waals surface area contributed by atoms with Gasteiger partial charge in [0.25, 0.3) is 0 Å². The zero-order valence-corrected chi connectivity index (χ0v) is 16.3. The van der Waals surface area contributed by atoms with E-state index in [1.54, 1.807) is 0 Å². The Hall–Kier alpha value is -1.31. The maximum atomic E-state index is 10.9.